The first-order valence-electron chi connectivity index (χ1n) is 5.92. The number of ether oxygens (including phenoxy) is 1. The van der Waals surface area contributed by atoms with Gasteiger partial charge in [-0.3, -0.25) is 4.79 Å². The molecule has 0 radical (unpaired) electrons. The third-order valence-corrected chi connectivity index (χ3v) is 3.30. The number of nitrogens with two attached hydrogens (primary N) is 1. The highest BCUT2D eigenvalue weighted by Gasteiger charge is 2.37. The maximum Gasteiger partial charge on any atom is 0.411 e. The van der Waals surface area contributed by atoms with E-state index in [1.54, 1.807) is 13.8 Å². The SMILES string of the molecule is CCC(CC)(C(=O)NCCOCC(F)(F)F)C(N)=S. The molecular weight excluding hydrogens is 281 g/mol. The lowest BCUT2D eigenvalue weighted by atomic mass is 9.81. The predicted molar refractivity (Wildman–Crippen MR) is 69.7 cm³/mol. The van der Waals surface area contributed by atoms with Gasteiger partial charge in [-0.1, -0.05) is 26.1 Å². The van der Waals surface area contributed by atoms with Crippen molar-refractivity contribution in [2.45, 2.75) is 32.9 Å². The van der Waals surface area contributed by atoms with Crippen LogP contribution in [0.3, 0.4) is 0 Å². The maximum absolute atomic E-state index is 12.0. The highest BCUT2D eigenvalue weighted by Crippen LogP contribution is 2.27. The Bertz CT molecular complexity index is 318. The van der Waals surface area contributed by atoms with Crippen molar-refractivity contribution in [1.82, 2.24) is 5.32 Å². The van der Waals surface area contributed by atoms with Gasteiger partial charge < -0.3 is 15.8 Å². The molecule has 0 aromatic rings. The monoisotopic (exact) mass is 300 g/mol. The molecule has 8 heteroatoms. The number of rotatable bonds is 8. The summed E-state index contributed by atoms with van der Waals surface area (Å²) in [6, 6.07) is 0. The molecule has 0 saturated heterocycles. The molecule has 0 aliphatic rings. The van der Waals surface area contributed by atoms with E-state index in [0.717, 1.165) is 0 Å². The summed E-state index contributed by atoms with van der Waals surface area (Å²) in [4.78, 5) is 12.1. The second kappa shape index (κ2) is 7.64. The van der Waals surface area contributed by atoms with E-state index in [1.807, 2.05) is 0 Å². The minimum atomic E-state index is -4.36. The van der Waals surface area contributed by atoms with E-state index >= 15 is 0 Å². The standard InChI is InChI=1S/C11H19F3N2O2S/c1-3-10(4-2,8(15)19)9(17)16-5-6-18-7-11(12,13)14/h3-7H2,1-2H3,(H2,15,19)(H,16,17). The van der Waals surface area contributed by atoms with Gasteiger partial charge in [-0.2, -0.15) is 13.2 Å². The second-order valence-corrected chi connectivity index (χ2v) is 4.52. The van der Waals surface area contributed by atoms with Crippen LogP contribution in [0.15, 0.2) is 0 Å². The number of carbonyl (C=O) groups is 1. The highest BCUT2D eigenvalue weighted by atomic mass is 32.1. The number of hydrogen-bond donors (Lipinski definition) is 2. The summed E-state index contributed by atoms with van der Waals surface area (Å²) in [6.07, 6.45) is -3.48. The number of hydrogen-bond acceptors (Lipinski definition) is 3. The Morgan fingerprint density at radius 3 is 2.21 bits per heavy atom. The van der Waals surface area contributed by atoms with Crippen LogP contribution in [0.1, 0.15) is 26.7 Å². The number of amides is 1. The van der Waals surface area contributed by atoms with Crippen molar-refractivity contribution >= 4 is 23.1 Å². The first-order valence-corrected chi connectivity index (χ1v) is 6.33. The molecule has 0 aliphatic carbocycles. The number of carbonyl (C=O) groups excluding carboxylic acids is 1. The van der Waals surface area contributed by atoms with Crippen LogP contribution < -0.4 is 11.1 Å². The molecule has 0 unspecified atom stereocenters. The lowest BCUT2D eigenvalue weighted by Gasteiger charge is -2.28. The zero-order chi connectivity index (χ0) is 15.1. The Morgan fingerprint density at radius 1 is 1.32 bits per heavy atom. The van der Waals surface area contributed by atoms with Crippen LogP contribution in [0.2, 0.25) is 0 Å². The van der Waals surface area contributed by atoms with Gasteiger partial charge in [-0.05, 0) is 12.8 Å². The number of thiocarbonyl (C=S) groups is 1. The van der Waals surface area contributed by atoms with E-state index in [-0.39, 0.29) is 24.0 Å². The zero-order valence-electron chi connectivity index (χ0n) is 11.0. The molecule has 1 amide bonds. The van der Waals surface area contributed by atoms with Gasteiger partial charge in [0.2, 0.25) is 5.91 Å². The van der Waals surface area contributed by atoms with E-state index < -0.39 is 18.2 Å². The van der Waals surface area contributed by atoms with Crippen LogP contribution in [0.4, 0.5) is 13.2 Å². The van der Waals surface area contributed by atoms with Crippen molar-refractivity contribution in [2.75, 3.05) is 19.8 Å². The van der Waals surface area contributed by atoms with Crippen molar-refractivity contribution in [3.63, 3.8) is 0 Å². The molecule has 0 atom stereocenters. The van der Waals surface area contributed by atoms with E-state index in [4.69, 9.17) is 18.0 Å². The fraction of sp³-hybridized carbons (Fsp3) is 0.818. The minimum Gasteiger partial charge on any atom is -0.392 e. The van der Waals surface area contributed by atoms with Crippen LogP contribution in [0.25, 0.3) is 0 Å². The molecule has 0 saturated carbocycles. The Balaban J connectivity index is 4.19. The third kappa shape index (κ3) is 5.73. The molecule has 0 aliphatic heterocycles. The van der Waals surface area contributed by atoms with Crippen molar-refractivity contribution in [3.8, 4) is 0 Å². The molecule has 0 spiro atoms. The van der Waals surface area contributed by atoms with Gasteiger partial charge in [0.15, 0.2) is 0 Å². The Kier molecular flexibility index (Phi) is 7.28. The fourth-order valence-corrected chi connectivity index (χ4v) is 2.01. The molecule has 0 rings (SSSR count). The first kappa shape index (κ1) is 18.1. The molecule has 0 heterocycles. The topological polar surface area (TPSA) is 64.3 Å². The van der Waals surface area contributed by atoms with Gasteiger partial charge in [-0.25, -0.2) is 0 Å². The summed E-state index contributed by atoms with van der Waals surface area (Å²) in [5, 5.41) is 2.49. The minimum absolute atomic E-state index is 0.0146. The predicted octanol–water partition coefficient (Wildman–Crippen LogP) is 1.77. The Morgan fingerprint density at radius 2 is 1.84 bits per heavy atom. The normalized spacial score (nSPS) is 12.3. The van der Waals surface area contributed by atoms with Gasteiger partial charge in [-0.15, -0.1) is 0 Å². The number of alkyl halides is 3. The molecule has 112 valence electrons. The molecule has 0 fully saturated rings. The molecule has 4 nitrogen and oxygen atoms in total. The molecule has 19 heavy (non-hydrogen) atoms. The highest BCUT2D eigenvalue weighted by molar-refractivity contribution is 7.80. The largest absolute Gasteiger partial charge is 0.411 e. The summed E-state index contributed by atoms with van der Waals surface area (Å²) in [5.41, 5.74) is 4.63. The van der Waals surface area contributed by atoms with Crippen LogP contribution >= 0.6 is 12.2 Å². The maximum atomic E-state index is 12.0. The molecule has 0 bridgehead atoms. The molecule has 0 aromatic carbocycles. The third-order valence-electron chi connectivity index (χ3n) is 2.91. The summed E-state index contributed by atoms with van der Waals surface area (Å²) in [7, 11) is 0. The van der Waals surface area contributed by atoms with E-state index in [9.17, 15) is 18.0 Å². The second-order valence-electron chi connectivity index (χ2n) is 4.08. The first-order chi connectivity index (χ1) is 8.69. The Labute approximate surface area is 115 Å². The van der Waals surface area contributed by atoms with Gasteiger partial charge in [0, 0.05) is 6.54 Å². The van der Waals surface area contributed by atoms with Crippen molar-refractivity contribution in [2.24, 2.45) is 11.1 Å². The van der Waals surface area contributed by atoms with Gasteiger partial charge in [0.05, 0.1) is 17.0 Å². The molecule has 3 N–H and O–H groups in total. The smallest absolute Gasteiger partial charge is 0.392 e. The molecule has 0 aromatic heterocycles. The van der Waals surface area contributed by atoms with Crippen LogP contribution in [-0.4, -0.2) is 36.8 Å². The van der Waals surface area contributed by atoms with Crippen LogP contribution in [0.5, 0.6) is 0 Å². The Hall–Kier alpha value is -0.890. The summed E-state index contributed by atoms with van der Waals surface area (Å²) in [6.45, 7) is 2.00. The van der Waals surface area contributed by atoms with E-state index in [2.05, 4.69) is 10.1 Å². The summed E-state index contributed by atoms with van der Waals surface area (Å²) >= 11 is 4.89. The van der Waals surface area contributed by atoms with E-state index in [0.29, 0.717) is 12.8 Å². The number of halogens is 3. The average molecular weight is 300 g/mol. The quantitative estimate of drug-likeness (QED) is 0.530. The van der Waals surface area contributed by atoms with E-state index in [1.165, 1.54) is 0 Å². The summed E-state index contributed by atoms with van der Waals surface area (Å²) < 4.78 is 39.8. The molecular formula is C11H19F3N2O2S. The average Bonchev–Trinajstić information content (AvgIpc) is 2.29. The van der Waals surface area contributed by atoms with Crippen LogP contribution in [0, 0.1) is 5.41 Å². The fourth-order valence-electron chi connectivity index (χ4n) is 1.63. The van der Waals surface area contributed by atoms with Gasteiger partial charge >= 0.3 is 6.18 Å². The summed E-state index contributed by atoms with van der Waals surface area (Å²) in [5.74, 6) is -0.374. The zero-order valence-corrected chi connectivity index (χ0v) is 11.8. The van der Waals surface area contributed by atoms with Gasteiger partial charge in [0.1, 0.15) is 6.61 Å². The van der Waals surface area contributed by atoms with Gasteiger partial charge in [0.25, 0.3) is 0 Å². The lowest BCUT2D eigenvalue weighted by molar-refractivity contribution is -0.173. The van der Waals surface area contributed by atoms with Crippen molar-refractivity contribution < 1.29 is 22.7 Å². The van der Waals surface area contributed by atoms with Crippen molar-refractivity contribution in [1.29, 1.82) is 0 Å². The number of nitrogens with one attached hydrogen (secondary N) is 1. The lowest BCUT2D eigenvalue weighted by Crippen LogP contribution is -2.49. The van der Waals surface area contributed by atoms with Crippen molar-refractivity contribution in [3.05, 3.63) is 0 Å². The van der Waals surface area contributed by atoms with Crippen LogP contribution in [-0.2, 0) is 9.53 Å².